The quantitative estimate of drug-likeness (QED) is 0.826. The number of aryl methyl sites for hydroxylation is 1. The zero-order chi connectivity index (χ0) is 16.4. The molecule has 7 nitrogen and oxygen atoms in total. The van der Waals surface area contributed by atoms with E-state index in [-0.39, 0.29) is 30.4 Å². The molecule has 0 aromatic carbocycles. The van der Waals surface area contributed by atoms with E-state index in [1.54, 1.807) is 20.7 Å². The van der Waals surface area contributed by atoms with E-state index in [1.165, 1.54) is 0 Å². The number of nitrogens with zero attached hydrogens (tertiary/aromatic N) is 4. The van der Waals surface area contributed by atoms with Gasteiger partial charge in [-0.25, -0.2) is 0 Å². The van der Waals surface area contributed by atoms with Crippen molar-refractivity contribution in [2.24, 2.45) is 13.0 Å². The second kappa shape index (κ2) is 6.70. The fourth-order valence-corrected chi connectivity index (χ4v) is 3.44. The first-order chi connectivity index (χ1) is 11.1. The predicted octanol–water partition coefficient (Wildman–Crippen LogP) is 0.800. The van der Waals surface area contributed by atoms with Crippen LogP contribution >= 0.6 is 0 Å². The minimum atomic E-state index is -0.105. The predicted molar refractivity (Wildman–Crippen MR) is 84.9 cm³/mol. The summed E-state index contributed by atoms with van der Waals surface area (Å²) in [5.74, 6) is -0.0930. The number of piperazine rings is 1. The Morgan fingerprint density at radius 3 is 2.91 bits per heavy atom. The minimum absolute atomic E-state index is 0.0114. The summed E-state index contributed by atoms with van der Waals surface area (Å²) in [4.78, 5) is 28.6. The van der Waals surface area contributed by atoms with Gasteiger partial charge >= 0.3 is 0 Å². The first-order valence-corrected chi connectivity index (χ1v) is 8.29. The van der Waals surface area contributed by atoms with Crippen LogP contribution in [0.25, 0.3) is 0 Å². The summed E-state index contributed by atoms with van der Waals surface area (Å²) in [6, 6.07) is 0. The Morgan fingerprint density at radius 1 is 1.43 bits per heavy atom. The van der Waals surface area contributed by atoms with Gasteiger partial charge < -0.3 is 14.5 Å². The lowest BCUT2D eigenvalue weighted by Gasteiger charge is -2.38. The molecule has 126 valence electrons. The topological polar surface area (TPSA) is 67.7 Å². The van der Waals surface area contributed by atoms with E-state index >= 15 is 0 Å². The minimum Gasteiger partial charge on any atom is -0.377 e. The highest BCUT2D eigenvalue weighted by molar-refractivity contribution is 5.98. The molecule has 3 heterocycles. The SMILES string of the molecule is CC[C@@H]1OCCC[C@@H]1C(=O)N1CCN(c2cnn(C)c2)C(=O)C1. The number of carbonyl (C=O) groups is 2. The Morgan fingerprint density at radius 2 is 2.26 bits per heavy atom. The summed E-state index contributed by atoms with van der Waals surface area (Å²) in [5.41, 5.74) is 0.789. The van der Waals surface area contributed by atoms with Crippen LogP contribution in [0.2, 0.25) is 0 Å². The van der Waals surface area contributed by atoms with Crippen LogP contribution in [0.4, 0.5) is 5.69 Å². The zero-order valence-corrected chi connectivity index (χ0v) is 13.8. The third-order valence-corrected chi connectivity index (χ3v) is 4.70. The number of ether oxygens (including phenoxy) is 1. The maximum absolute atomic E-state index is 12.8. The van der Waals surface area contributed by atoms with Gasteiger partial charge in [0.25, 0.3) is 0 Å². The van der Waals surface area contributed by atoms with Gasteiger partial charge in [-0.2, -0.15) is 5.10 Å². The average molecular weight is 320 g/mol. The number of hydrogen-bond donors (Lipinski definition) is 0. The Labute approximate surface area is 136 Å². The van der Waals surface area contributed by atoms with Gasteiger partial charge in [-0.15, -0.1) is 0 Å². The summed E-state index contributed by atoms with van der Waals surface area (Å²) in [6.45, 7) is 3.99. The lowest BCUT2D eigenvalue weighted by Crippen LogP contribution is -2.55. The molecule has 7 heteroatoms. The van der Waals surface area contributed by atoms with Gasteiger partial charge in [-0.1, -0.05) is 6.92 Å². The van der Waals surface area contributed by atoms with E-state index in [0.29, 0.717) is 13.1 Å². The largest absolute Gasteiger partial charge is 0.377 e. The van der Waals surface area contributed by atoms with Crippen LogP contribution in [0.15, 0.2) is 12.4 Å². The van der Waals surface area contributed by atoms with Gasteiger partial charge in [0, 0.05) is 32.9 Å². The molecule has 1 aromatic heterocycles. The van der Waals surface area contributed by atoms with E-state index < -0.39 is 0 Å². The molecule has 2 aliphatic heterocycles. The number of amides is 2. The Bertz CT molecular complexity index is 586. The van der Waals surface area contributed by atoms with Gasteiger partial charge in [0.1, 0.15) is 6.54 Å². The van der Waals surface area contributed by atoms with Crippen molar-refractivity contribution in [3.05, 3.63) is 12.4 Å². The van der Waals surface area contributed by atoms with Crippen LogP contribution in [0, 0.1) is 5.92 Å². The van der Waals surface area contributed by atoms with Gasteiger partial charge in [0.15, 0.2) is 0 Å². The fourth-order valence-electron chi connectivity index (χ4n) is 3.44. The maximum Gasteiger partial charge on any atom is 0.246 e. The number of rotatable bonds is 3. The van der Waals surface area contributed by atoms with Crippen molar-refractivity contribution >= 4 is 17.5 Å². The van der Waals surface area contributed by atoms with Crippen molar-refractivity contribution in [1.82, 2.24) is 14.7 Å². The molecule has 0 N–H and O–H groups in total. The van der Waals surface area contributed by atoms with Crippen molar-refractivity contribution in [1.29, 1.82) is 0 Å². The third-order valence-electron chi connectivity index (χ3n) is 4.70. The van der Waals surface area contributed by atoms with E-state index in [0.717, 1.165) is 31.6 Å². The Hall–Kier alpha value is -1.89. The lowest BCUT2D eigenvalue weighted by atomic mass is 9.91. The Kier molecular flexibility index (Phi) is 4.66. The van der Waals surface area contributed by atoms with E-state index in [9.17, 15) is 9.59 Å². The van der Waals surface area contributed by atoms with Crippen LogP contribution in [0.3, 0.4) is 0 Å². The summed E-state index contributed by atoms with van der Waals surface area (Å²) in [5, 5.41) is 4.10. The van der Waals surface area contributed by atoms with Crippen LogP contribution in [-0.4, -0.2) is 58.8 Å². The molecule has 1 aromatic rings. The summed E-state index contributed by atoms with van der Waals surface area (Å²) >= 11 is 0. The van der Waals surface area contributed by atoms with Crippen molar-refractivity contribution < 1.29 is 14.3 Å². The molecule has 2 aliphatic rings. The maximum atomic E-state index is 12.8. The summed E-state index contributed by atoms with van der Waals surface area (Å²) in [6.07, 6.45) is 6.09. The number of hydrogen-bond acceptors (Lipinski definition) is 4. The molecule has 2 fully saturated rings. The number of carbonyl (C=O) groups excluding carboxylic acids is 2. The van der Waals surface area contributed by atoms with Crippen molar-refractivity contribution in [3.8, 4) is 0 Å². The fraction of sp³-hybridized carbons (Fsp3) is 0.688. The molecule has 2 saturated heterocycles. The molecule has 0 spiro atoms. The molecule has 0 aliphatic carbocycles. The molecule has 0 radical (unpaired) electrons. The van der Waals surface area contributed by atoms with Gasteiger partial charge in [0.05, 0.1) is 23.9 Å². The normalized spacial score (nSPS) is 25.7. The van der Waals surface area contributed by atoms with E-state index in [2.05, 4.69) is 5.10 Å². The van der Waals surface area contributed by atoms with Crippen molar-refractivity contribution in [3.63, 3.8) is 0 Å². The summed E-state index contributed by atoms with van der Waals surface area (Å²) in [7, 11) is 1.82. The number of aromatic nitrogens is 2. The van der Waals surface area contributed by atoms with Crippen LogP contribution in [0.5, 0.6) is 0 Å². The van der Waals surface area contributed by atoms with Crippen molar-refractivity contribution in [2.75, 3.05) is 31.1 Å². The number of anilines is 1. The molecule has 2 atom stereocenters. The second-order valence-electron chi connectivity index (χ2n) is 6.24. The van der Waals surface area contributed by atoms with Gasteiger partial charge in [0.2, 0.25) is 11.8 Å². The van der Waals surface area contributed by atoms with E-state index in [1.807, 2.05) is 20.2 Å². The molecule has 0 saturated carbocycles. The van der Waals surface area contributed by atoms with E-state index in [4.69, 9.17) is 4.74 Å². The highest BCUT2D eigenvalue weighted by atomic mass is 16.5. The molecule has 2 amide bonds. The average Bonchev–Trinajstić information content (AvgIpc) is 3.00. The summed E-state index contributed by atoms with van der Waals surface area (Å²) < 4.78 is 7.39. The van der Waals surface area contributed by atoms with Gasteiger partial charge in [-0.3, -0.25) is 14.3 Å². The first kappa shape index (κ1) is 16.0. The van der Waals surface area contributed by atoms with Crippen molar-refractivity contribution in [2.45, 2.75) is 32.3 Å². The van der Waals surface area contributed by atoms with Gasteiger partial charge in [-0.05, 0) is 19.3 Å². The van der Waals surface area contributed by atoms with Crippen LogP contribution in [0.1, 0.15) is 26.2 Å². The zero-order valence-electron chi connectivity index (χ0n) is 13.8. The molecular weight excluding hydrogens is 296 g/mol. The smallest absolute Gasteiger partial charge is 0.246 e. The monoisotopic (exact) mass is 320 g/mol. The molecule has 0 unspecified atom stereocenters. The van der Waals surface area contributed by atoms with Crippen LogP contribution < -0.4 is 4.90 Å². The molecule has 23 heavy (non-hydrogen) atoms. The standard InChI is InChI=1S/C16H24N4O3/c1-3-14-13(5-4-8-23-14)16(22)19-6-7-20(15(21)11-19)12-9-17-18(2)10-12/h9-10,13-14H,3-8,11H2,1-2H3/t13-,14-/m0/s1. The highest BCUT2D eigenvalue weighted by Crippen LogP contribution is 2.26. The first-order valence-electron chi connectivity index (χ1n) is 8.29. The third kappa shape index (κ3) is 3.24. The second-order valence-corrected chi connectivity index (χ2v) is 6.24. The molecular formula is C16H24N4O3. The van der Waals surface area contributed by atoms with Crippen LogP contribution in [-0.2, 0) is 21.4 Å². The Balaban J connectivity index is 1.65. The molecule has 3 rings (SSSR count). The highest BCUT2D eigenvalue weighted by Gasteiger charge is 2.36. The lowest BCUT2D eigenvalue weighted by molar-refractivity contribution is -0.148. The molecule has 0 bridgehead atoms.